The molecule has 1 N–H and O–H groups in total. The van der Waals surface area contributed by atoms with Crippen molar-refractivity contribution in [2.24, 2.45) is 0 Å². The van der Waals surface area contributed by atoms with Crippen LogP contribution in [0.3, 0.4) is 0 Å². The summed E-state index contributed by atoms with van der Waals surface area (Å²) in [7, 11) is 3.96. The highest BCUT2D eigenvalue weighted by atomic mass is 16.5. The van der Waals surface area contributed by atoms with Crippen LogP contribution in [-0.4, -0.2) is 42.3 Å². The molecule has 2 aromatic rings. The Morgan fingerprint density at radius 1 is 1.35 bits per heavy atom. The fourth-order valence-corrected chi connectivity index (χ4v) is 2.75. The molecule has 0 aliphatic carbocycles. The normalized spacial score (nSPS) is 14.0. The number of anilines is 2. The number of nitrogens with zero attached hydrogens (tertiary/aromatic N) is 4. The Morgan fingerprint density at radius 3 is 2.91 bits per heavy atom. The van der Waals surface area contributed by atoms with Gasteiger partial charge in [0.1, 0.15) is 18.2 Å². The molecule has 1 aliphatic heterocycles. The fraction of sp³-hybridized carbons (Fsp3) is 0.412. The van der Waals surface area contributed by atoms with Crippen LogP contribution in [-0.2, 0) is 13.2 Å². The first kappa shape index (κ1) is 15.6. The van der Waals surface area contributed by atoms with Gasteiger partial charge in [-0.2, -0.15) is 4.98 Å². The van der Waals surface area contributed by atoms with Gasteiger partial charge in [0.05, 0.1) is 13.2 Å². The molecule has 1 aromatic carbocycles. The van der Waals surface area contributed by atoms with Crippen LogP contribution in [0.5, 0.6) is 5.75 Å². The highest BCUT2D eigenvalue weighted by Crippen LogP contribution is 2.27. The zero-order chi connectivity index (χ0) is 16.4. The van der Waals surface area contributed by atoms with Crippen LogP contribution < -0.4 is 14.5 Å². The highest BCUT2D eigenvalue weighted by molar-refractivity contribution is 5.50. The average Bonchev–Trinajstić information content (AvgIpc) is 2.76. The summed E-state index contributed by atoms with van der Waals surface area (Å²) >= 11 is 0. The van der Waals surface area contributed by atoms with E-state index in [1.165, 1.54) is 0 Å². The lowest BCUT2D eigenvalue weighted by Crippen LogP contribution is -2.28. The number of rotatable bonds is 3. The number of aromatic nitrogens is 2. The first-order valence-corrected chi connectivity index (χ1v) is 7.70. The summed E-state index contributed by atoms with van der Waals surface area (Å²) in [6, 6.07) is 5.79. The van der Waals surface area contributed by atoms with Crippen molar-refractivity contribution in [3.63, 3.8) is 0 Å². The molecule has 0 unspecified atom stereocenters. The number of ether oxygens (including phenoxy) is 1. The first-order valence-electron chi connectivity index (χ1n) is 7.70. The Hall–Kier alpha value is -2.34. The maximum absolute atomic E-state index is 9.34. The van der Waals surface area contributed by atoms with E-state index in [2.05, 4.69) is 14.9 Å². The predicted octanol–water partition coefficient (Wildman–Crippen LogP) is 1.74. The van der Waals surface area contributed by atoms with Crippen molar-refractivity contribution in [2.45, 2.75) is 20.1 Å². The molecule has 0 spiro atoms. The molecule has 2 heterocycles. The second-order valence-electron chi connectivity index (χ2n) is 5.94. The minimum atomic E-state index is 0.0269. The van der Waals surface area contributed by atoms with Gasteiger partial charge >= 0.3 is 0 Å². The number of hydrogen-bond donors (Lipinski definition) is 1. The summed E-state index contributed by atoms with van der Waals surface area (Å²) < 4.78 is 5.81. The molecule has 0 saturated carbocycles. The minimum Gasteiger partial charge on any atom is -0.491 e. The van der Waals surface area contributed by atoms with E-state index < -0.39 is 0 Å². The molecule has 122 valence electrons. The number of aliphatic hydroxyl groups is 1. The van der Waals surface area contributed by atoms with Gasteiger partial charge in [-0.3, -0.25) is 0 Å². The van der Waals surface area contributed by atoms with Gasteiger partial charge in [-0.05, 0) is 24.6 Å². The maximum atomic E-state index is 9.34. The number of fused-ring (bicyclic) bond motifs is 1. The molecule has 0 atom stereocenters. The molecule has 0 fully saturated rings. The largest absolute Gasteiger partial charge is 0.491 e. The summed E-state index contributed by atoms with van der Waals surface area (Å²) in [6.45, 7) is 4.00. The summed E-state index contributed by atoms with van der Waals surface area (Å²) in [6.07, 6.45) is 1.86. The molecule has 23 heavy (non-hydrogen) atoms. The van der Waals surface area contributed by atoms with Gasteiger partial charge in [0, 0.05) is 38.0 Å². The SMILES string of the molecule is Cc1cnc(N2CCOc3ccc(CO)cc3C2)nc1N(C)C. The summed E-state index contributed by atoms with van der Waals surface area (Å²) in [5, 5.41) is 9.34. The topological polar surface area (TPSA) is 61.7 Å². The fourth-order valence-electron chi connectivity index (χ4n) is 2.75. The molecule has 0 bridgehead atoms. The molecule has 1 aliphatic rings. The molecule has 0 saturated heterocycles. The Balaban J connectivity index is 1.93. The third-order valence-electron chi connectivity index (χ3n) is 3.93. The number of aliphatic hydroxyl groups excluding tert-OH is 1. The monoisotopic (exact) mass is 314 g/mol. The van der Waals surface area contributed by atoms with E-state index in [-0.39, 0.29) is 6.61 Å². The lowest BCUT2D eigenvalue weighted by Gasteiger charge is -2.22. The smallest absolute Gasteiger partial charge is 0.227 e. The average molecular weight is 314 g/mol. The van der Waals surface area contributed by atoms with Crippen molar-refractivity contribution in [3.05, 3.63) is 41.1 Å². The van der Waals surface area contributed by atoms with Crippen LogP contribution in [0.25, 0.3) is 0 Å². The second kappa shape index (κ2) is 6.42. The van der Waals surface area contributed by atoms with Gasteiger partial charge in [-0.1, -0.05) is 6.07 Å². The van der Waals surface area contributed by atoms with Crippen LogP contribution in [0.2, 0.25) is 0 Å². The van der Waals surface area contributed by atoms with E-state index in [9.17, 15) is 5.11 Å². The van der Waals surface area contributed by atoms with Crippen LogP contribution >= 0.6 is 0 Å². The standard InChI is InChI=1S/C17H22N4O2/c1-12-9-18-17(19-16(12)20(2)3)21-6-7-23-15-5-4-13(11-22)8-14(15)10-21/h4-5,8-9,22H,6-7,10-11H2,1-3H3. The van der Waals surface area contributed by atoms with Gasteiger partial charge in [0.2, 0.25) is 5.95 Å². The summed E-state index contributed by atoms with van der Waals surface area (Å²) in [4.78, 5) is 13.3. The number of hydrogen-bond acceptors (Lipinski definition) is 6. The van der Waals surface area contributed by atoms with Gasteiger partial charge in [-0.15, -0.1) is 0 Å². The molecular formula is C17H22N4O2. The van der Waals surface area contributed by atoms with Crippen molar-refractivity contribution >= 4 is 11.8 Å². The van der Waals surface area contributed by atoms with Gasteiger partial charge in [-0.25, -0.2) is 4.98 Å². The van der Waals surface area contributed by atoms with E-state index in [0.717, 1.165) is 34.8 Å². The van der Waals surface area contributed by atoms with E-state index in [0.29, 0.717) is 19.1 Å². The van der Waals surface area contributed by atoms with Crippen LogP contribution in [0.15, 0.2) is 24.4 Å². The zero-order valence-electron chi connectivity index (χ0n) is 13.8. The van der Waals surface area contributed by atoms with Gasteiger partial charge in [0.15, 0.2) is 0 Å². The molecule has 6 heteroatoms. The van der Waals surface area contributed by atoms with Crippen LogP contribution in [0.1, 0.15) is 16.7 Å². The van der Waals surface area contributed by atoms with Crippen molar-refractivity contribution < 1.29 is 9.84 Å². The molecular weight excluding hydrogens is 292 g/mol. The van der Waals surface area contributed by atoms with E-state index in [1.807, 2.05) is 50.3 Å². The molecule has 1 aromatic heterocycles. The number of aryl methyl sites for hydroxylation is 1. The summed E-state index contributed by atoms with van der Waals surface area (Å²) in [5.41, 5.74) is 2.98. The molecule has 3 rings (SSSR count). The van der Waals surface area contributed by atoms with Crippen molar-refractivity contribution in [1.29, 1.82) is 0 Å². The Bertz CT molecular complexity index is 703. The Kier molecular flexibility index (Phi) is 4.34. The lowest BCUT2D eigenvalue weighted by atomic mass is 10.1. The predicted molar refractivity (Wildman–Crippen MR) is 90.0 cm³/mol. The van der Waals surface area contributed by atoms with Gasteiger partial charge < -0.3 is 19.6 Å². The highest BCUT2D eigenvalue weighted by Gasteiger charge is 2.19. The van der Waals surface area contributed by atoms with Crippen molar-refractivity contribution in [2.75, 3.05) is 37.0 Å². The first-order chi connectivity index (χ1) is 11.1. The molecule has 6 nitrogen and oxygen atoms in total. The second-order valence-corrected chi connectivity index (χ2v) is 5.94. The third kappa shape index (κ3) is 3.22. The Morgan fingerprint density at radius 2 is 2.17 bits per heavy atom. The third-order valence-corrected chi connectivity index (χ3v) is 3.93. The van der Waals surface area contributed by atoms with Gasteiger partial charge in [0.25, 0.3) is 0 Å². The van der Waals surface area contributed by atoms with E-state index in [4.69, 9.17) is 4.74 Å². The minimum absolute atomic E-state index is 0.0269. The molecule has 0 amide bonds. The molecule has 0 radical (unpaired) electrons. The zero-order valence-corrected chi connectivity index (χ0v) is 13.8. The maximum Gasteiger partial charge on any atom is 0.227 e. The lowest BCUT2D eigenvalue weighted by molar-refractivity contribution is 0.281. The van der Waals surface area contributed by atoms with Crippen LogP contribution in [0.4, 0.5) is 11.8 Å². The van der Waals surface area contributed by atoms with Crippen molar-refractivity contribution in [3.8, 4) is 5.75 Å². The van der Waals surface area contributed by atoms with Crippen molar-refractivity contribution in [1.82, 2.24) is 9.97 Å². The Labute approximate surface area is 136 Å². The van der Waals surface area contributed by atoms with E-state index >= 15 is 0 Å². The van der Waals surface area contributed by atoms with E-state index in [1.54, 1.807) is 0 Å². The number of benzene rings is 1. The van der Waals surface area contributed by atoms with Crippen LogP contribution in [0, 0.1) is 6.92 Å². The quantitative estimate of drug-likeness (QED) is 0.931. The summed E-state index contributed by atoms with van der Waals surface area (Å²) in [5.74, 6) is 2.49.